The molecule has 0 saturated carbocycles. The summed E-state index contributed by atoms with van der Waals surface area (Å²) in [5, 5.41) is 6.09. The van der Waals surface area contributed by atoms with Crippen LogP contribution < -0.4 is 5.32 Å². The molecule has 0 radical (unpaired) electrons. The summed E-state index contributed by atoms with van der Waals surface area (Å²) in [6.07, 6.45) is 16.8. The van der Waals surface area contributed by atoms with Crippen molar-refractivity contribution in [2.45, 2.75) is 78.0 Å². The number of carbonyl (C=O) groups excluding carboxylic acids is 2. The largest absolute Gasteiger partial charge is 0.462 e. The lowest BCUT2D eigenvalue weighted by atomic mass is 10.1. The Balaban J connectivity index is 2.29. The molecule has 1 aliphatic heterocycles. The number of likely N-dealkylation sites (N-methyl/N-ethyl adjacent to an activating group) is 1. The molecule has 1 aromatic heterocycles. The molecule has 0 aromatic carbocycles. The van der Waals surface area contributed by atoms with Crippen molar-refractivity contribution in [3.8, 4) is 0 Å². The third-order valence-electron chi connectivity index (χ3n) is 6.15. The summed E-state index contributed by atoms with van der Waals surface area (Å²) in [7, 11) is 4.08. The van der Waals surface area contributed by atoms with E-state index in [1.54, 1.807) is 23.6 Å². The molecule has 1 aliphatic rings. The highest BCUT2D eigenvalue weighted by Crippen LogP contribution is 2.19. The Bertz CT molecular complexity index is 1140. The molecule has 2 heterocycles. The molecule has 218 valence electrons. The number of hydrogen-bond acceptors (Lipinski definition) is 8. The van der Waals surface area contributed by atoms with Gasteiger partial charge in [0.25, 0.3) is 0 Å². The number of aryl methyl sites for hydroxylation is 1. The van der Waals surface area contributed by atoms with E-state index in [1.165, 1.54) is 11.6 Å². The average molecular weight is 568 g/mol. The Hall–Kier alpha value is -3.23. The average Bonchev–Trinajstić information content (AvgIpc) is 3.31. The maximum absolute atomic E-state index is 12.7. The molecule has 8 heteroatoms. The zero-order valence-electron chi connectivity index (χ0n) is 24.8. The molecule has 0 amide bonds. The van der Waals surface area contributed by atoms with Crippen LogP contribution in [0, 0.1) is 0 Å². The maximum atomic E-state index is 12.7. The molecular formula is C32H45N3O4S. The lowest BCUT2D eigenvalue weighted by Crippen LogP contribution is -2.30. The van der Waals surface area contributed by atoms with Gasteiger partial charge in [0.15, 0.2) is 0 Å². The van der Waals surface area contributed by atoms with Gasteiger partial charge in [-0.2, -0.15) is 0 Å². The normalized spacial score (nSPS) is 24.8. The molecule has 3 unspecified atom stereocenters. The van der Waals surface area contributed by atoms with Gasteiger partial charge in [-0.1, -0.05) is 53.7 Å². The molecule has 0 saturated heterocycles. The van der Waals surface area contributed by atoms with E-state index < -0.39 is 12.1 Å². The number of carbonyl (C=O) groups is 2. The number of aromatic nitrogens is 1. The summed E-state index contributed by atoms with van der Waals surface area (Å²) >= 11 is 1.55. The van der Waals surface area contributed by atoms with Crippen molar-refractivity contribution in [2.75, 3.05) is 20.6 Å². The topological polar surface area (TPSA) is 80.8 Å². The third kappa shape index (κ3) is 13.7. The highest BCUT2D eigenvalue weighted by atomic mass is 32.1. The number of allylic oxidation sites excluding steroid dienone is 6. The second-order valence-corrected chi connectivity index (χ2v) is 11.5. The van der Waals surface area contributed by atoms with Crippen LogP contribution in [0.4, 0.5) is 0 Å². The fraction of sp³-hybridized carbons (Fsp3) is 0.469. The first-order valence-corrected chi connectivity index (χ1v) is 14.6. The van der Waals surface area contributed by atoms with E-state index in [2.05, 4.69) is 35.9 Å². The van der Waals surface area contributed by atoms with Crippen molar-refractivity contribution in [1.29, 1.82) is 0 Å². The van der Waals surface area contributed by atoms with Crippen molar-refractivity contribution in [3.05, 3.63) is 88.1 Å². The Kier molecular flexibility index (Phi) is 14.4. The molecule has 2 bridgehead atoms. The lowest BCUT2D eigenvalue weighted by molar-refractivity contribution is -0.148. The molecule has 1 aromatic rings. The second-order valence-electron chi connectivity index (χ2n) is 10.6. The van der Waals surface area contributed by atoms with Crippen molar-refractivity contribution in [3.63, 3.8) is 0 Å². The number of esters is 2. The van der Waals surface area contributed by atoms with Crippen LogP contribution in [-0.4, -0.2) is 60.7 Å². The standard InChI is InChI=1S/C32H45N3O4S/c1-8-33-27-14-15-28-22-40-30(34-28)21-29(19-25(4)13-12-23(2)16-17-35(6)7)39-31(36)11-9-10-24(3)18-26(5)38-32(37)20-27/h8-13,16,19,22,26-27,29,33H,1,14-15,17-18,20-21H2,2-7H3/b11-9-,13-12+,23-16+,24-10+,25-19+. The molecule has 7 nitrogen and oxygen atoms in total. The molecule has 2 rings (SSSR count). The predicted molar refractivity (Wildman–Crippen MR) is 164 cm³/mol. The van der Waals surface area contributed by atoms with Crippen LogP contribution in [-0.2, 0) is 31.9 Å². The maximum Gasteiger partial charge on any atom is 0.331 e. The van der Waals surface area contributed by atoms with Crippen LogP contribution in [0.1, 0.15) is 57.7 Å². The summed E-state index contributed by atoms with van der Waals surface area (Å²) in [5.41, 5.74) is 4.11. The van der Waals surface area contributed by atoms with Crippen LogP contribution >= 0.6 is 11.3 Å². The zero-order chi connectivity index (χ0) is 29.5. The van der Waals surface area contributed by atoms with Gasteiger partial charge in [-0.15, -0.1) is 11.3 Å². The highest BCUT2D eigenvalue weighted by molar-refractivity contribution is 7.09. The van der Waals surface area contributed by atoms with Crippen LogP contribution in [0.25, 0.3) is 0 Å². The quantitative estimate of drug-likeness (QED) is 0.326. The molecule has 0 fully saturated rings. The summed E-state index contributed by atoms with van der Waals surface area (Å²) in [4.78, 5) is 32.1. The van der Waals surface area contributed by atoms with Gasteiger partial charge >= 0.3 is 11.9 Å². The monoisotopic (exact) mass is 567 g/mol. The van der Waals surface area contributed by atoms with Crippen LogP contribution in [0.15, 0.2) is 77.4 Å². The number of thiazole rings is 1. The summed E-state index contributed by atoms with van der Waals surface area (Å²) in [6, 6.07) is -0.0923. The van der Waals surface area contributed by atoms with Crippen molar-refractivity contribution < 1.29 is 19.1 Å². The summed E-state index contributed by atoms with van der Waals surface area (Å²) in [5.74, 6) is -0.672. The van der Waals surface area contributed by atoms with Gasteiger partial charge in [0.05, 0.1) is 17.1 Å². The first kappa shape index (κ1) is 33.0. The van der Waals surface area contributed by atoms with E-state index in [4.69, 9.17) is 14.5 Å². The Morgan fingerprint density at radius 1 is 1.18 bits per heavy atom. The van der Waals surface area contributed by atoms with Crippen LogP contribution in [0.3, 0.4) is 0 Å². The number of nitrogens with one attached hydrogen (secondary N) is 1. The number of rotatable bonds is 7. The molecule has 3 atom stereocenters. The van der Waals surface area contributed by atoms with Crippen molar-refractivity contribution in [1.82, 2.24) is 15.2 Å². The van der Waals surface area contributed by atoms with Gasteiger partial charge in [-0.3, -0.25) is 4.79 Å². The van der Waals surface area contributed by atoms with E-state index in [0.717, 1.165) is 28.4 Å². The van der Waals surface area contributed by atoms with E-state index in [1.807, 2.05) is 58.5 Å². The predicted octanol–water partition coefficient (Wildman–Crippen LogP) is 5.87. The second kappa shape index (κ2) is 17.5. The SMILES string of the molecule is C=CNC1CCc2csc(n2)CC(/C=C(C)/C=C/C(C)=C/CN(C)C)OC(=O)/C=C\C=C(/C)CC(C)OC(=O)C1. The highest BCUT2D eigenvalue weighted by Gasteiger charge is 2.18. The molecular weight excluding hydrogens is 522 g/mol. The van der Waals surface area contributed by atoms with E-state index in [0.29, 0.717) is 25.7 Å². The van der Waals surface area contributed by atoms with Crippen molar-refractivity contribution >= 4 is 23.3 Å². The first-order chi connectivity index (χ1) is 19.0. The van der Waals surface area contributed by atoms with Gasteiger partial charge < -0.3 is 19.7 Å². The van der Waals surface area contributed by atoms with E-state index >= 15 is 0 Å². The number of nitrogens with zero attached hydrogens (tertiary/aromatic N) is 2. The fourth-order valence-electron chi connectivity index (χ4n) is 4.12. The van der Waals surface area contributed by atoms with Crippen LogP contribution in [0.5, 0.6) is 0 Å². The van der Waals surface area contributed by atoms with E-state index in [9.17, 15) is 9.59 Å². The summed E-state index contributed by atoms with van der Waals surface area (Å²) < 4.78 is 11.5. The Morgan fingerprint density at radius 2 is 1.93 bits per heavy atom. The summed E-state index contributed by atoms with van der Waals surface area (Å²) in [6.45, 7) is 12.5. The molecule has 0 spiro atoms. The molecule has 1 N–H and O–H groups in total. The molecule has 0 aliphatic carbocycles. The smallest absolute Gasteiger partial charge is 0.331 e. The fourth-order valence-corrected chi connectivity index (χ4v) is 4.99. The number of cyclic esters (lactones) is 2. The van der Waals surface area contributed by atoms with E-state index in [-0.39, 0.29) is 24.5 Å². The van der Waals surface area contributed by atoms with Crippen molar-refractivity contribution in [2.24, 2.45) is 0 Å². The minimum atomic E-state index is -0.458. The number of ether oxygens (including phenoxy) is 2. The first-order valence-electron chi connectivity index (χ1n) is 13.8. The number of fused-ring (bicyclic) bond motifs is 2. The van der Waals surface area contributed by atoms with Gasteiger partial charge in [0, 0.05) is 36.9 Å². The zero-order valence-corrected chi connectivity index (χ0v) is 25.6. The van der Waals surface area contributed by atoms with Gasteiger partial charge in [-0.25, -0.2) is 9.78 Å². The minimum Gasteiger partial charge on any atom is -0.462 e. The third-order valence-corrected chi connectivity index (χ3v) is 7.07. The van der Waals surface area contributed by atoms with Gasteiger partial charge in [-0.05, 0) is 66.9 Å². The van der Waals surface area contributed by atoms with Gasteiger partial charge in [0.2, 0.25) is 0 Å². The number of hydrogen-bond donors (Lipinski definition) is 1. The van der Waals surface area contributed by atoms with Gasteiger partial charge in [0.1, 0.15) is 12.2 Å². The Morgan fingerprint density at radius 3 is 2.65 bits per heavy atom. The van der Waals surface area contributed by atoms with Crippen LogP contribution in [0.2, 0.25) is 0 Å². The Labute approximate surface area is 244 Å². The minimum absolute atomic E-state index is 0.0923. The lowest BCUT2D eigenvalue weighted by Gasteiger charge is -2.18. The molecule has 40 heavy (non-hydrogen) atoms.